The number of carbonyl (C=O) groups is 2. The molecule has 2 aromatic carbocycles. The predicted molar refractivity (Wildman–Crippen MR) is 134 cm³/mol. The van der Waals surface area contributed by atoms with Gasteiger partial charge in [0.25, 0.3) is 11.1 Å². The highest BCUT2D eigenvalue weighted by atomic mass is 32.1. The van der Waals surface area contributed by atoms with Crippen LogP contribution in [0.5, 0.6) is 0 Å². The molecular weight excluding hydrogens is 438 g/mol. The van der Waals surface area contributed by atoms with Gasteiger partial charge in [0.2, 0.25) is 0 Å². The lowest BCUT2D eigenvalue weighted by atomic mass is 10.1. The first-order valence-corrected chi connectivity index (χ1v) is 11.8. The summed E-state index contributed by atoms with van der Waals surface area (Å²) in [6, 6.07) is 14.8. The van der Waals surface area contributed by atoms with Crippen LogP contribution >= 0.6 is 12.6 Å². The molecule has 0 aromatic heterocycles. The Labute approximate surface area is 200 Å². The summed E-state index contributed by atoms with van der Waals surface area (Å²) < 4.78 is 5.40. The quantitative estimate of drug-likeness (QED) is 0.427. The van der Waals surface area contributed by atoms with Gasteiger partial charge in [0.15, 0.2) is 0 Å². The summed E-state index contributed by atoms with van der Waals surface area (Å²) >= 11 is 4.14. The van der Waals surface area contributed by atoms with Crippen LogP contribution in [0, 0.1) is 0 Å². The van der Waals surface area contributed by atoms with Crippen molar-refractivity contribution in [1.29, 1.82) is 0 Å². The largest absolute Gasteiger partial charge is 0.397 e. The smallest absolute Gasteiger partial charge is 0.278 e. The Balaban J connectivity index is 1.38. The summed E-state index contributed by atoms with van der Waals surface area (Å²) in [5, 5.41) is 2.68. The monoisotopic (exact) mass is 469 g/mol. The predicted octanol–water partition coefficient (Wildman–Crippen LogP) is 2.78. The normalized spacial score (nSPS) is 18.8. The fraction of sp³-hybridized carbons (Fsp3) is 0.417. The van der Waals surface area contributed by atoms with Gasteiger partial charge in [-0.3, -0.25) is 14.5 Å². The molecule has 0 saturated carbocycles. The highest BCUT2D eigenvalue weighted by Crippen LogP contribution is 2.26. The van der Waals surface area contributed by atoms with E-state index >= 15 is 0 Å². The Kier molecular flexibility index (Phi) is 7.74. The zero-order valence-corrected chi connectivity index (χ0v) is 19.5. The molecule has 1 unspecified atom stereocenters. The van der Waals surface area contributed by atoms with E-state index in [1.807, 2.05) is 35.2 Å². The van der Waals surface area contributed by atoms with E-state index in [2.05, 4.69) is 27.7 Å². The molecule has 2 heterocycles. The van der Waals surface area contributed by atoms with Crippen molar-refractivity contribution in [3.63, 3.8) is 0 Å². The molecule has 0 spiro atoms. The van der Waals surface area contributed by atoms with Crippen LogP contribution in [0.25, 0.3) is 0 Å². The van der Waals surface area contributed by atoms with Crippen molar-refractivity contribution in [1.82, 2.24) is 9.80 Å². The molecule has 9 heteroatoms. The number of thiol groups is 1. The number of carbonyl (C=O) groups excluding carboxylic acids is 2. The highest BCUT2D eigenvalue weighted by Gasteiger charge is 2.30. The molecular formula is C24H31N5O3S. The molecule has 1 atom stereocenters. The van der Waals surface area contributed by atoms with Crippen LogP contribution in [-0.4, -0.2) is 79.5 Å². The fourth-order valence-electron chi connectivity index (χ4n) is 4.39. The van der Waals surface area contributed by atoms with Crippen molar-refractivity contribution in [2.45, 2.75) is 12.5 Å². The lowest BCUT2D eigenvalue weighted by Gasteiger charge is -2.32. The minimum Gasteiger partial charge on any atom is -0.397 e. The highest BCUT2D eigenvalue weighted by molar-refractivity contribution is 7.96. The van der Waals surface area contributed by atoms with E-state index in [0.29, 0.717) is 30.0 Å². The average molecular weight is 470 g/mol. The third-order valence-electron chi connectivity index (χ3n) is 6.29. The molecule has 2 aliphatic rings. The van der Waals surface area contributed by atoms with Gasteiger partial charge in [-0.25, -0.2) is 0 Å². The molecule has 0 bridgehead atoms. The number of hydrogen-bond donors (Lipinski definition) is 3. The molecule has 2 saturated heterocycles. The minimum absolute atomic E-state index is 0.0950. The van der Waals surface area contributed by atoms with Gasteiger partial charge in [-0.15, -0.1) is 0 Å². The summed E-state index contributed by atoms with van der Waals surface area (Å²) in [4.78, 5) is 31.4. The number of anilines is 3. The first-order chi connectivity index (χ1) is 16.0. The van der Waals surface area contributed by atoms with Crippen molar-refractivity contribution in [3.8, 4) is 0 Å². The van der Waals surface area contributed by atoms with Gasteiger partial charge in [-0.1, -0.05) is 30.8 Å². The maximum atomic E-state index is 12.8. The van der Waals surface area contributed by atoms with Crippen LogP contribution in [0.15, 0.2) is 48.5 Å². The maximum absolute atomic E-state index is 12.8. The summed E-state index contributed by atoms with van der Waals surface area (Å²) in [5.74, 6) is -0.205. The molecule has 0 aliphatic carbocycles. The Morgan fingerprint density at radius 2 is 1.91 bits per heavy atom. The molecule has 2 aliphatic heterocycles. The number of benzene rings is 2. The van der Waals surface area contributed by atoms with E-state index in [4.69, 9.17) is 10.5 Å². The maximum Gasteiger partial charge on any atom is 0.278 e. The first kappa shape index (κ1) is 23.4. The number of nitrogens with zero attached hydrogens (tertiary/aromatic N) is 3. The third kappa shape index (κ3) is 5.98. The van der Waals surface area contributed by atoms with Crippen molar-refractivity contribution >= 4 is 40.8 Å². The second-order valence-electron chi connectivity index (χ2n) is 8.41. The number of ether oxygens (including phenoxy) is 1. The summed E-state index contributed by atoms with van der Waals surface area (Å²) in [7, 11) is 0. The van der Waals surface area contributed by atoms with Gasteiger partial charge in [0.05, 0.1) is 30.6 Å². The Hall–Kier alpha value is -2.75. The zero-order chi connectivity index (χ0) is 23.2. The van der Waals surface area contributed by atoms with Crippen LogP contribution in [0.2, 0.25) is 0 Å². The molecule has 4 rings (SSSR count). The number of morpholine rings is 1. The number of para-hydroxylation sites is 2. The Morgan fingerprint density at radius 1 is 1.12 bits per heavy atom. The van der Waals surface area contributed by atoms with Gasteiger partial charge in [0, 0.05) is 50.5 Å². The van der Waals surface area contributed by atoms with Crippen LogP contribution < -0.4 is 16.0 Å². The topological polar surface area (TPSA) is 91.1 Å². The van der Waals surface area contributed by atoms with E-state index < -0.39 is 0 Å². The SMILES string of the molecule is Nc1ccccc1NC(=O)c1cccc(N2CCC(N(CCN3CCOCC3)C(=O)S)C2)c1. The molecule has 176 valence electrons. The van der Waals surface area contributed by atoms with E-state index in [9.17, 15) is 9.59 Å². The van der Waals surface area contributed by atoms with E-state index in [1.165, 1.54) is 0 Å². The summed E-state index contributed by atoms with van der Waals surface area (Å²) in [6.45, 7) is 6.29. The van der Waals surface area contributed by atoms with E-state index in [-0.39, 0.29) is 17.2 Å². The van der Waals surface area contributed by atoms with Gasteiger partial charge in [0.1, 0.15) is 0 Å². The molecule has 3 N–H and O–H groups in total. The number of amides is 2. The van der Waals surface area contributed by atoms with Crippen LogP contribution in [0.4, 0.5) is 21.9 Å². The third-order valence-corrected chi connectivity index (χ3v) is 6.55. The number of nitrogen functional groups attached to an aromatic ring is 1. The van der Waals surface area contributed by atoms with Crippen LogP contribution in [0.3, 0.4) is 0 Å². The van der Waals surface area contributed by atoms with Crippen molar-refractivity contribution in [3.05, 3.63) is 54.1 Å². The van der Waals surface area contributed by atoms with Crippen molar-refractivity contribution < 1.29 is 14.3 Å². The standard InChI is InChI=1S/C24H31N5O3S/c25-21-6-1-2-7-22(21)26-23(30)18-4-3-5-19(16-18)28-9-8-20(17-28)29(24(31)33)11-10-27-12-14-32-15-13-27/h1-7,16,20H,8-15,17,25H2,(H,26,30)(H,31,33). The summed E-state index contributed by atoms with van der Waals surface area (Å²) in [6.07, 6.45) is 0.867. The van der Waals surface area contributed by atoms with Gasteiger partial charge in [-0.05, 0) is 36.8 Å². The number of rotatable bonds is 7. The molecule has 8 nitrogen and oxygen atoms in total. The minimum atomic E-state index is -0.205. The zero-order valence-electron chi connectivity index (χ0n) is 18.7. The van der Waals surface area contributed by atoms with Crippen molar-refractivity contribution in [2.24, 2.45) is 0 Å². The first-order valence-electron chi connectivity index (χ1n) is 11.3. The Bertz CT molecular complexity index is 982. The molecule has 0 radical (unpaired) electrons. The fourth-order valence-corrected chi connectivity index (χ4v) is 4.65. The van der Waals surface area contributed by atoms with E-state index in [1.54, 1.807) is 18.2 Å². The van der Waals surface area contributed by atoms with Gasteiger partial charge < -0.3 is 25.6 Å². The lowest BCUT2D eigenvalue weighted by molar-refractivity contribution is 0.0343. The molecule has 2 aromatic rings. The molecule has 2 amide bonds. The summed E-state index contributed by atoms with van der Waals surface area (Å²) in [5.41, 5.74) is 8.59. The molecule has 33 heavy (non-hydrogen) atoms. The van der Waals surface area contributed by atoms with Crippen molar-refractivity contribution in [2.75, 3.05) is 68.4 Å². The van der Waals surface area contributed by atoms with Crippen LogP contribution in [0.1, 0.15) is 16.8 Å². The Morgan fingerprint density at radius 3 is 2.67 bits per heavy atom. The lowest BCUT2D eigenvalue weighted by Crippen LogP contribution is -2.46. The number of hydrogen-bond acceptors (Lipinski definition) is 6. The van der Waals surface area contributed by atoms with Gasteiger partial charge >= 0.3 is 0 Å². The number of nitrogens with two attached hydrogens (primary N) is 1. The second kappa shape index (κ2) is 10.9. The average Bonchev–Trinajstić information content (AvgIpc) is 3.31. The second-order valence-corrected chi connectivity index (χ2v) is 8.79. The molecule has 2 fully saturated rings. The number of nitrogens with one attached hydrogen (secondary N) is 1. The van der Waals surface area contributed by atoms with Gasteiger partial charge in [-0.2, -0.15) is 0 Å². The van der Waals surface area contributed by atoms with E-state index in [0.717, 1.165) is 51.5 Å². The van der Waals surface area contributed by atoms with Crippen LogP contribution in [-0.2, 0) is 4.74 Å².